The van der Waals surface area contributed by atoms with Crippen LogP contribution in [0.5, 0.6) is 0 Å². The molecule has 0 aromatic carbocycles. The SMILES string of the molecule is CC(C1CCCO1)n1c(Cl)nnc1C1CC1. The van der Waals surface area contributed by atoms with E-state index in [4.69, 9.17) is 16.3 Å². The van der Waals surface area contributed by atoms with E-state index in [-0.39, 0.29) is 12.1 Å². The first kappa shape index (κ1) is 10.5. The van der Waals surface area contributed by atoms with Crippen LogP contribution in [-0.2, 0) is 4.74 Å². The molecule has 0 N–H and O–H groups in total. The van der Waals surface area contributed by atoms with Crippen LogP contribution in [0.2, 0.25) is 5.28 Å². The van der Waals surface area contributed by atoms with E-state index in [1.165, 1.54) is 12.8 Å². The molecule has 1 aromatic rings. The van der Waals surface area contributed by atoms with Gasteiger partial charge < -0.3 is 4.74 Å². The summed E-state index contributed by atoms with van der Waals surface area (Å²) in [5, 5.41) is 8.69. The zero-order valence-corrected chi connectivity index (χ0v) is 10.2. The average molecular weight is 242 g/mol. The van der Waals surface area contributed by atoms with Crippen molar-refractivity contribution in [3.8, 4) is 0 Å². The monoisotopic (exact) mass is 241 g/mol. The Kier molecular flexibility index (Phi) is 2.64. The molecule has 1 aliphatic carbocycles. The van der Waals surface area contributed by atoms with Crippen molar-refractivity contribution in [1.82, 2.24) is 14.8 Å². The third-order valence-electron chi connectivity index (χ3n) is 3.53. The van der Waals surface area contributed by atoms with Crippen LogP contribution in [0.15, 0.2) is 0 Å². The fourth-order valence-electron chi connectivity index (χ4n) is 2.43. The molecule has 2 aliphatic rings. The molecule has 2 unspecified atom stereocenters. The largest absolute Gasteiger partial charge is 0.376 e. The minimum absolute atomic E-state index is 0.251. The van der Waals surface area contributed by atoms with Gasteiger partial charge in [0, 0.05) is 12.5 Å². The maximum atomic E-state index is 6.12. The van der Waals surface area contributed by atoms with E-state index >= 15 is 0 Å². The van der Waals surface area contributed by atoms with Crippen molar-refractivity contribution in [1.29, 1.82) is 0 Å². The van der Waals surface area contributed by atoms with E-state index < -0.39 is 0 Å². The fraction of sp³-hybridized carbons (Fsp3) is 0.818. The lowest BCUT2D eigenvalue weighted by atomic mass is 10.1. The molecule has 88 valence electrons. The summed E-state index contributed by atoms with van der Waals surface area (Å²) in [7, 11) is 0. The first-order valence-electron chi connectivity index (χ1n) is 5.99. The second kappa shape index (κ2) is 4.00. The van der Waals surface area contributed by atoms with Gasteiger partial charge in [0.1, 0.15) is 5.82 Å². The number of aromatic nitrogens is 3. The summed E-state index contributed by atoms with van der Waals surface area (Å²) in [6.07, 6.45) is 4.96. The van der Waals surface area contributed by atoms with E-state index in [0.29, 0.717) is 11.2 Å². The molecule has 2 atom stereocenters. The van der Waals surface area contributed by atoms with E-state index in [1.807, 2.05) is 0 Å². The van der Waals surface area contributed by atoms with Gasteiger partial charge in [0.25, 0.3) is 0 Å². The van der Waals surface area contributed by atoms with Gasteiger partial charge in [-0.05, 0) is 44.2 Å². The maximum Gasteiger partial charge on any atom is 0.225 e. The van der Waals surface area contributed by atoms with E-state index in [2.05, 4.69) is 21.7 Å². The van der Waals surface area contributed by atoms with Crippen LogP contribution in [0.4, 0.5) is 0 Å². The molecule has 16 heavy (non-hydrogen) atoms. The summed E-state index contributed by atoms with van der Waals surface area (Å²) < 4.78 is 7.78. The van der Waals surface area contributed by atoms with Gasteiger partial charge in [-0.1, -0.05) is 0 Å². The fourth-order valence-corrected chi connectivity index (χ4v) is 2.71. The second-order valence-electron chi connectivity index (χ2n) is 4.76. The van der Waals surface area contributed by atoms with E-state index in [1.54, 1.807) is 0 Å². The van der Waals surface area contributed by atoms with E-state index in [0.717, 1.165) is 25.3 Å². The van der Waals surface area contributed by atoms with Crippen LogP contribution in [0.3, 0.4) is 0 Å². The van der Waals surface area contributed by atoms with E-state index in [9.17, 15) is 0 Å². The van der Waals surface area contributed by atoms with Gasteiger partial charge in [-0.2, -0.15) is 0 Å². The Morgan fingerprint density at radius 2 is 2.19 bits per heavy atom. The van der Waals surface area contributed by atoms with Crippen molar-refractivity contribution in [3.63, 3.8) is 0 Å². The molecular formula is C11H16ClN3O. The Morgan fingerprint density at radius 3 is 2.81 bits per heavy atom. The number of rotatable bonds is 3. The molecule has 1 saturated heterocycles. The standard InChI is InChI=1S/C11H16ClN3O/c1-7(9-3-2-6-16-9)15-10(8-4-5-8)13-14-11(15)12/h7-9H,2-6H2,1H3. The molecule has 0 spiro atoms. The lowest BCUT2D eigenvalue weighted by molar-refractivity contribution is 0.0723. The first-order valence-corrected chi connectivity index (χ1v) is 6.37. The molecule has 4 nitrogen and oxygen atoms in total. The smallest absolute Gasteiger partial charge is 0.225 e. The lowest BCUT2D eigenvalue weighted by Gasteiger charge is -2.22. The molecular weight excluding hydrogens is 226 g/mol. The molecule has 2 fully saturated rings. The van der Waals surface area contributed by atoms with Crippen LogP contribution in [0, 0.1) is 0 Å². The Balaban J connectivity index is 1.88. The Hall–Kier alpha value is -0.610. The van der Waals surface area contributed by atoms with Crippen LogP contribution in [0.25, 0.3) is 0 Å². The van der Waals surface area contributed by atoms with Gasteiger partial charge in [-0.25, -0.2) is 0 Å². The van der Waals surface area contributed by atoms with Crippen molar-refractivity contribution >= 4 is 11.6 Å². The molecule has 0 radical (unpaired) electrons. The van der Waals surface area contributed by atoms with Crippen LogP contribution >= 0.6 is 11.6 Å². The van der Waals surface area contributed by atoms with Gasteiger partial charge in [-0.15, -0.1) is 10.2 Å². The molecule has 1 saturated carbocycles. The van der Waals surface area contributed by atoms with Gasteiger partial charge >= 0.3 is 0 Å². The van der Waals surface area contributed by atoms with Crippen LogP contribution in [0.1, 0.15) is 50.4 Å². The summed E-state index contributed by atoms with van der Waals surface area (Å²) in [5.41, 5.74) is 0. The Labute approximate surface area is 99.9 Å². The second-order valence-corrected chi connectivity index (χ2v) is 5.10. The minimum Gasteiger partial charge on any atom is -0.376 e. The number of ether oxygens (including phenoxy) is 1. The lowest BCUT2D eigenvalue weighted by Crippen LogP contribution is -2.22. The van der Waals surface area contributed by atoms with Crippen molar-refractivity contribution in [2.24, 2.45) is 0 Å². The minimum atomic E-state index is 0.251. The highest BCUT2D eigenvalue weighted by atomic mass is 35.5. The summed E-state index contributed by atoms with van der Waals surface area (Å²) in [6, 6.07) is 0.251. The molecule has 0 bridgehead atoms. The number of hydrogen-bond donors (Lipinski definition) is 0. The van der Waals surface area contributed by atoms with Gasteiger partial charge in [0.2, 0.25) is 5.28 Å². The van der Waals surface area contributed by atoms with Crippen molar-refractivity contribution < 1.29 is 4.74 Å². The normalized spacial score (nSPS) is 27.2. The maximum absolute atomic E-state index is 6.12. The number of hydrogen-bond acceptors (Lipinski definition) is 3. The molecule has 0 amide bonds. The zero-order chi connectivity index (χ0) is 11.1. The quantitative estimate of drug-likeness (QED) is 0.817. The summed E-state index contributed by atoms with van der Waals surface area (Å²) in [6.45, 7) is 3.02. The topological polar surface area (TPSA) is 39.9 Å². The van der Waals surface area contributed by atoms with Gasteiger partial charge in [0.15, 0.2) is 0 Å². The van der Waals surface area contributed by atoms with Crippen molar-refractivity contribution in [3.05, 3.63) is 11.1 Å². The van der Waals surface area contributed by atoms with Crippen molar-refractivity contribution in [2.75, 3.05) is 6.61 Å². The highest BCUT2D eigenvalue weighted by Crippen LogP contribution is 2.41. The summed E-state index contributed by atoms with van der Waals surface area (Å²) >= 11 is 6.12. The van der Waals surface area contributed by atoms with Gasteiger partial charge in [-0.3, -0.25) is 4.57 Å². The predicted octanol–water partition coefficient (Wildman–Crippen LogP) is 2.55. The van der Waals surface area contributed by atoms with Crippen molar-refractivity contribution in [2.45, 2.75) is 50.7 Å². The summed E-state index contributed by atoms with van der Waals surface area (Å²) in [5.74, 6) is 1.62. The average Bonchev–Trinajstić information content (AvgIpc) is 2.84. The first-order chi connectivity index (χ1) is 7.77. The third-order valence-corrected chi connectivity index (χ3v) is 3.79. The third kappa shape index (κ3) is 1.74. The van der Waals surface area contributed by atoms with Crippen LogP contribution < -0.4 is 0 Å². The van der Waals surface area contributed by atoms with Gasteiger partial charge in [0.05, 0.1) is 12.1 Å². The zero-order valence-electron chi connectivity index (χ0n) is 9.40. The predicted molar refractivity (Wildman–Crippen MR) is 60.7 cm³/mol. The molecule has 2 heterocycles. The highest BCUT2D eigenvalue weighted by Gasteiger charge is 2.34. The molecule has 1 aliphatic heterocycles. The summed E-state index contributed by atoms with van der Waals surface area (Å²) in [4.78, 5) is 0. The molecule has 1 aromatic heterocycles. The highest BCUT2D eigenvalue weighted by molar-refractivity contribution is 6.28. The number of nitrogens with zero attached hydrogens (tertiary/aromatic N) is 3. The number of halogens is 1. The molecule has 3 rings (SSSR count). The van der Waals surface area contributed by atoms with Crippen LogP contribution in [-0.4, -0.2) is 27.5 Å². The Bertz CT molecular complexity index is 383. The molecule has 5 heteroatoms. The Morgan fingerprint density at radius 1 is 1.38 bits per heavy atom.